The number of rotatable bonds is 3. The van der Waals surface area contributed by atoms with Crippen molar-refractivity contribution >= 4 is 5.69 Å². The van der Waals surface area contributed by atoms with Gasteiger partial charge in [-0.1, -0.05) is 19.3 Å². The quantitative estimate of drug-likeness (QED) is 0.788. The Morgan fingerprint density at radius 3 is 2.35 bits per heavy atom. The van der Waals surface area contributed by atoms with Gasteiger partial charge in [0.05, 0.1) is 11.6 Å². The van der Waals surface area contributed by atoms with Crippen molar-refractivity contribution in [2.45, 2.75) is 45.1 Å². The molecule has 90 valence electrons. The zero-order chi connectivity index (χ0) is 12.1. The van der Waals surface area contributed by atoms with Gasteiger partial charge in [-0.15, -0.1) is 0 Å². The summed E-state index contributed by atoms with van der Waals surface area (Å²) in [6.45, 7) is 3.27. The van der Waals surface area contributed by atoms with Crippen LogP contribution in [0.1, 0.15) is 44.6 Å². The lowest BCUT2D eigenvalue weighted by molar-refractivity contribution is 0.418. The molecule has 0 bridgehead atoms. The van der Waals surface area contributed by atoms with Crippen molar-refractivity contribution in [3.8, 4) is 6.07 Å². The van der Waals surface area contributed by atoms with Crippen LogP contribution in [-0.4, -0.2) is 12.6 Å². The fourth-order valence-corrected chi connectivity index (χ4v) is 2.77. The Labute approximate surface area is 104 Å². The lowest BCUT2D eigenvalue weighted by Gasteiger charge is -2.35. The Bertz CT molecular complexity index is 382. The van der Waals surface area contributed by atoms with Crippen molar-refractivity contribution < 1.29 is 0 Å². The van der Waals surface area contributed by atoms with Crippen molar-refractivity contribution in [3.63, 3.8) is 0 Å². The van der Waals surface area contributed by atoms with E-state index in [4.69, 9.17) is 5.26 Å². The van der Waals surface area contributed by atoms with E-state index in [1.165, 1.54) is 37.8 Å². The molecule has 2 nitrogen and oxygen atoms in total. The molecule has 2 heteroatoms. The van der Waals surface area contributed by atoms with Gasteiger partial charge in [-0.3, -0.25) is 0 Å². The molecule has 1 aromatic rings. The minimum atomic E-state index is 0.696. The molecule has 0 amide bonds. The third-order valence-electron chi connectivity index (χ3n) is 3.68. The summed E-state index contributed by atoms with van der Waals surface area (Å²) in [5, 5.41) is 8.81. The molecule has 0 atom stereocenters. The predicted molar refractivity (Wildman–Crippen MR) is 71.1 cm³/mol. The predicted octanol–water partition coefficient (Wildman–Crippen LogP) is 3.72. The second-order valence-electron chi connectivity index (χ2n) is 4.74. The topological polar surface area (TPSA) is 27.0 Å². The van der Waals surface area contributed by atoms with Crippen molar-refractivity contribution in [2.24, 2.45) is 0 Å². The van der Waals surface area contributed by atoms with Gasteiger partial charge < -0.3 is 4.90 Å². The van der Waals surface area contributed by atoms with Crippen LogP contribution >= 0.6 is 0 Å². The van der Waals surface area contributed by atoms with Crippen LogP contribution in [0.15, 0.2) is 24.3 Å². The lowest BCUT2D eigenvalue weighted by atomic mass is 9.94. The van der Waals surface area contributed by atoms with Gasteiger partial charge in [0.1, 0.15) is 0 Å². The number of anilines is 1. The summed E-state index contributed by atoms with van der Waals surface area (Å²) in [5.74, 6) is 0. The monoisotopic (exact) mass is 228 g/mol. The van der Waals surface area contributed by atoms with E-state index in [0.29, 0.717) is 6.04 Å². The molecule has 17 heavy (non-hydrogen) atoms. The summed E-state index contributed by atoms with van der Waals surface area (Å²) in [6, 6.07) is 10.9. The van der Waals surface area contributed by atoms with E-state index in [0.717, 1.165) is 12.1 Å². The molecular formula is C15H20N2. The molecule has 1 aromatic carbocycles. The zero-order valence-electron chi connectivity index (χ0n) is 10.5. The molecule has 0 spiro atoms. The van der Waals surface area contributed by atoms with Crippen LogP contribution in [0.25, 0.3) is 0 Å². The van der Waals surface area contributed by atoms with Gasteiger partial charge >= 0.3 is 0 Å². The highest BCUT2D eigenvalue weighted by molar-refractivity contribution is 5.50. The highest BCUT2D eigenvalue weighted by Crippen LogP contribution is 2.27. The average molecular weight is 228 g/mol. The second-order valence-corrected chi connectivity index (χ2v) is 4.74. The van der Waals surface area contributed by atoms with E-state index in [1.807, 2.05) is 12.1 Å². The van der Waals surface area contributed by atoms with E-state index in [-0.39, 0.29) is 0 Å². The van der Waals surface area contributed by atoms with Crippen LogP contribution in [0.2, 0.25) is 0 Å². The highest BCUT2D eigenvalue weighted by Gasteiger charge is 2.19. The standard InChI is InChI=1S/C15H20N2/c1-2-17(14-6-4-3-5-7-14)15-10-8-13(12-16)9-11-15/h8-11,14H,2-7H2,1H3. The van der Waals surface area contributed by atoms with E-state index in [2.05, 4.69) is 30.0 Å². The van der Waals surface area contributed by atoms with Gasteiger partial charge in [-0.05, 0) is 44.0 Å². The van der Waals surface area contributed by atoms with Gasteiger partial charge in [0.15, 0.2) is 0 Å². The molecule has 0 aromatic heterocycles. The molecule has 0 saturated heterocycles. The van der Waals surface area contributed by atoms with Crippen LogP contribution in [0, 0.1) is 11.3 Å². The normalized spacial score (nSPS) is 16.5. The van der Waals surface area contributed by atoms with Gasteiger partial charge in [-0.25, -0.2) is 0 Å². The number of nitriles is 1. The molecular weight excluding hydrogens is 208 g/mol. The fraction of sp³-hybridized carbons (Fsp3) is 0.533. The van der Waals surface area contributed by atoms with Crippen LogP contribution in [0.3, 0.4) is 0 Å². The first-order valence-electron chi connectivity index (χ1n) is 6.62. The SMILES string of the molecule is CCN(c1ccc(C#N)cc1)C1CCCCC1. The molecule has 0 heterocycles. The third kappa shape index (κ3) is 2.79. The second kappa shape index (κ2) is 5.72. The van der Waals surface area contributed by atoms with E-state index in [9.17, 15) is 0 Å². The van der Waals surface area contributed by atoms with Crippen molar-refractivity contribution in [1.82, 2.24) is 0 Å². The van der Waals surface area contributed by atoms with Gasteiger partial charge in [0.2, 0.25) is 0 Å². The van der Waals surface area contributed by atoms with Gasteiger partial charge in [0.25, 0.3) is 0 Å². The molecule has 1 aliphatic rings. The summed E-state index contributed by atoms with van der Waals surface area (Å²) in [4.78, 5) is 2.49. The maximum absolute atomic E-state index is 8.81. The summed E-state index contributed by atoms with van der Waals surface area (Å²) in [7, 11) is 0. The maximum atomic E-state index is 8.81. The molecule has 0 radical (unpaired) electrons. The molecule has 1 aliphatic carbocycles. The van der Waals surface area contributed by atoms with Crippen LogP contribution < -0.4 is 4.90 Å². The summed E-state index contributed by atoms with van der Waals surface area (Å²) < 4.78 is 0. The average Bonchev–Trinajstić information content (AvgIpc) is 2.42. The minimum absolute atomic E-state index is 0.696. The highest BCUT2D eigenvalue weighted by atomic mass is 15.2. The number of hydrogen-bond acceptors (Lipinski definition) is 2. The Hall–Kier alpha value is -1.49. The number of nitrogens with zero attached hydrogens (tertiary/aromatic N) is 2. The maximum Gasteiger partial charge on any atom is 0.0991 e. The number of benzene rings is 1. The smallest absolute Gasteiger partial charge is 0.0991 e. The van der Waals surface area contributed by atoms with E-state index >= 15 is 0 Å². The Kier molecular flexibility index (Phi) is 4.03. The number of hydrogen-bond donors (Lipinski definition) is 0. The fourth-order valence-electron chi connectivity index (χ4n) is 2.77. The summed E-state index contributed by atoms with van der Waals surface area (Å²) in [6.07, 6.45) is 6.73. The molecule has 1 saturated carbocycles. The molecule has 0 N–H and O–H groups in total. The third-order valence-corrected chi connectivity index (χ3v) is 3.68. The molecule has 2 rings (SSSR count). The lowest BCUT2D eigenvalue weighted by Crippen LogP contribution is -2.36. The molecule has 0 aliphatic heterocycles. The molecule has 0 unspecified atom stereocenters. The van der Waals surface area contributed by atoms with Crippen LogP contribution in [0.4, 0.5) is 5.69 Å². The largest absolute Gasteiger partial charge is 0.369 e. The van der Waals surface area contributed by atoms with Crippen LogP contribution in [0.5, 0.6) is 0 Å². The summed E-state index contributed by atoms with van der Waals surface area (Å²) >= 11 is 0. The minimum Gasteiger partial charge on any atom is -0.369 e. The zero-order valence-corrected chi connectivity index (χ0v) is 10.5. The van der Waals surface area contributed by atoms with Gasteiger partial charge in [-0.2, -0.15) is 5.26 Å². The van der Waals surface area contributed by atoms with Gasteiger partial charge in [0, 0.05) is 18.3 Å². The van der Waals surface area contributed by atoms with Crippen molar-refractivity contribution in [1.29, 1.82) is 5.26 Å². The van der Waals surface area contributed by atoms with Crippen LogP contribution in [-0.2, 0) is 0 Å². The first kappa shape index (κ1) is 12.0. The summed E-state index contributed by atoms with van der Waals surface area (Å²) in [5.41, 5.74) is 2.01. The Morgan fingerprint density at radius 2 is 1.82 bits per heavy atom. The van der Waals surface area contributed by atoms with Crippen molar-refractivity contribution in [3.05, 3.63) is 29.8 Å². The first-order valence-corrected chi connectivity index (χ1v) is 6.62. The molecule has 1 fully saturated rings. The first-order chi connectivity index (χ1) is 8.35. The van der Waals surface area contributed by atoms with E-state index in [1.54, 1.807) is 0 Å². The van der Waals surface area contributed by atoms with Crippen molar-refractivity contribution in [2.75, 3.05) is 11.4 Å². The Balaban J connectivity index is 2.13. The Morgan fingerprint density at radius 1 is 1.18 bits per heavy atom. The van der Waals surface area contributed by atoms with E-state index < -0.39 is 0 Å².